The van der Waals surface area contributed by atoms with E-state index in [2.05, 4.69) is 21.5 Å². The van der Waals surface area contributed by atoms with E-state index in [-0.39, 0.29) is 0 Å². The summed E-state index contributed by atoms with van der Waals surface area (Å²) in [6.07, 6.45) is 1.93. The maximum atomic E-state index is 4.21. The molecule has 10 heavy (non-hydrogen) atoms. The second kappa shape index (κ2) is 1.75. The first-order valence-corrected chi connectivity index (χ1v) is 3.52. The van der Waals surface area contributed by atoms with E-state index in [0.29, 0.717) is 0 Å². The van der Waals surface area contributed by atoms with Gasteiger partial charge in [0.05, 0.1) is 6.20 Å². The van der Waals surface area contributed by atoms with Crippen LogP contribution in [0, 0.1) is 6.92 Å². The Bertz CT molecular complexity index is 251. The molecule has 0 saturated carbocycles. The number of hydrogen-bond donors (Lipinski definition) is 0. The maximum absolute atomic E-state index is 4.21. The molecule has 2 heterocycles. The van der Waals surface area contributed by atoms with Crippen LogP contribution in [-0.2, 0) is 6.54 Å². The highest BCUT2D eigenvalue weighted by Crippen LogP contribution is 2.19. The first-order chi connectivity index (χ1) is 4.79. The van der Waals surface area contributed by atoms with Crippen LogP contribution in [0.5, 0.6) is 0 Å². The number of hydrogen-bond acceptors (Lipinski definition) is 2. The second-order valence-electron chi connectivity index (χ2n) is 2.74. The van der Waals surface area contributed by atoms with E-state index < -0.39 is 0 Å². The van der Waals surface area contributed by atoms with Crippen molar-refractivity contribution in [2.75, 3.05) is 18.5 Å². The van der Waals surface area contributed by atoms with Gasteiger partial charge >= 0.3 is 0 Å². The molecule has 1 aliphatic rings. The number of aryl methyl sites for hydroxylation is 1. The lowest BCUT2D eigenvalue weighted by molar-refractivity contribution is 0.754. The summed E-state index contributed by atoms with van der Waals surface area (Å²) in [5.74, 6) is 2.37. The molecule has 1 aliphatic heterocycles. The van der Waals surface area contributed by atoms with E-state index in [1.165, 1.54) is 5.82 Å². The predicted molar refractivity (Wildman–Crippen MR) is 40.2 cm³/mol. The summed E-state index contributed by atoms with van der Waals surface area (Å²) in [6, 6.07) is 0. The summed E-state index contributed by atoms with van der Waals surface area (Å²) in [5.41, 5.74) is 0. The molecule has 1 aromatic rings. The van der Waals surface area contributed by atoms with Gasteiger partial charge in [0, 0.05) is 20.1 Å². The minimum atomic E-state index is 1.09. The molecule has 3 heteroatoms. The van der Waals surface area contributed by atoms with Gasteiger partial charge in [0.15, 0.2) is 0 Å². The van der Waals surface area contributed by atoms with Crippen LogP contribution in [0.2, 0.25) is 0 Å². The van der Waals surface area contributed by atoms with Crippen molar-refractivity contribution in [2.45, 2.75) is 13.5 Å². The van der Waals surface area contributed by atoms with Crippen LogP contribution in [0.4, 0.5) is 5.82 Å². The zero-order valence-electron chi connectivity index (χ0n) is 6.33. The molecule has 0 fully saturated rings. The Kier molecular flexibility index (Phi) is 1.01. The maximum Gasteiger partial charge on any atom is 0.128 e. The number of imidazole rings is 1. The van der Waals surface area contributed by atoms with Gasteiger partial charge in [-0.3, -0.25) is 0 Å². The Morgan fingerprint density at radius 1 is 1.50 bits per heavy atom. The van der Waals surface area contributed by atoms with Crippen molar-refractivity contribution >= 4 is 5.82 Å². The standard InChI is InChI=1S/C7H11N3/c1-6-8-5-7-9(2)3-4-10(6)7/h5H,3-4H2,1-2H3. The predicted octanol–water partition coefficient (Wildman–Crippen LogP) is 0.641. The van der Waals surface area contributed by atoms with E-state index in [4.69, 9.17) is 0 Å². The third kappa shape index (κ3) is 0.574. The second-order valence-corrected chi connectivity index (χ2v) is 2.74. The minimum Gasteiger partial charge on any atom is -0.358 e. The van der Waals surface area contributed by atoms with Crippen LogP contribution in [0.1, 0.15) is 5.82 Å². The van der Waals surface area contributed by atoms with E-state index in [0.717, 1.165) is 18.9 Å². The molecule has 0 N–H and O–H groups in total. The van der Waals surface area contributed by atoms with Crippen LogP contribution in [0.3, 0.4) is 0 Å². The minimum absolute atomic E-state index is 1.09. The summed E-state index contributed by atoms with van der Waals surface area (Å²) >= 11 is 0. The van der Waals surface area contributed by atoms with Crippen LogP contribution in [-0.4, -0.2) is 23.1 Å². The highest BCUT2D eigenvalue weighted by molar-refractivity contribution is 5.41. The average molecular weight is 137 g/mol. The number of rotatable bonds is 0. The van der Waals surface area contributed by atoms with Gasteiger partial charge in [-0.25, -0.2) is 4.98 Å². The van der Waals surface area contributed by atoms with Crippen LogP contribution in [0.15, 0.2) is 6.20 Å². The smallest absolute Gasteiger partial charge is 0.128 e. The van der Waals surface area contributed by atoms with Crippen molar-refractivity contribution in [1.82, 2.24) is 9.55 Å². The fraction of sp³-hybridized carbons (Fsp3) is 0.571. The largest absolute Gasteiger partial charge is 0.358 e. The number of fused-ring (bicyclic) bond motifs is 1. The molecule has 0 bridgehead atoms. The summed E-state index contributed by atoms with van der Waals surface area (Å²) in [6.45, 7) is 4.26. The lowest BCUT2D eigenvalue weighted by atomic mass is 10.6. The van der Waals surface area contributed by atoms with Gasteiger partial charge in [-0.05, 0) is 6.92 Å². The molecule has 0 amide bonds. The Morgan fingerprint density at radius 2 is 2.30 bits per heavy atom. The lowest BCUT2D eigenvalue weighted by Gasteiger charge is -2.05. The first kappa shape index (κ1) is 5.77. The van der Waals surface area contributed by atoms with Crippen molar-refractivity contribution in [2.24, 2.45) is 0 Å². The number of anilines is 1. The summed E-state index contributed by atoms with van der Waals surface area (Å²) < 4.78 is 2.24. The molecule has 0 atom stereocenters. The number of nitrogens with zero attached hydrogens (tertiary/aromatic N) is 3. The topological polar surface area (TPSA) is 21.1 Å². The summed E-state index contributed by atoms with van der Waals surface area (Å²) in [4.78, 5) is 6.43. The SMILES string of the molecule is Cc1ncc2n1CCN2C. The summed E-state index contributed by atoms with van der Waals surface area (Å²) in [7, 11) is 2.10. The fourth-order valence-electron chi connectivity index (χ4n) is 1.40. The zero-order chi connectivity index (χ0) is 7.14. The average Bonchev–Trinajstić information content (AvgIpc) is 2.41. The molecular weight excluding hydrogens is 126 g/mol. The van der Waals surface area contributed by atoms with Crippen molar-refractivity contribution in [1.29, 1.82) is 0 Å². The van der Waals surface area contributed by atoms with Crippen molar-refractivity contribution < 1.29 is 0 Å². The van der Waals surface area contributed by atoms with E-state index in [1.54, 1.807) is 0 Å². The van der Waals surface area contributed by atoms with E-state index in [9.17, 15) is 0 Å². The lowest BCUT2D eigenvalue weighted by Crippen LogP contribution is -2.12. The highest BCUT2D eigenvalue weighted by Gasteiger charge is 2.16. The van der Waals surface area contributed by atoms with Gasteiger partial charge in [-0.15, -0.1) is 0 Å². The van der Waals surface area contributed by atoms with Crippen molar-refractivity contribution in [3.8, 4) is 0 Å². The monoisotopic (exact) mass is 137 g/mol. The summed E-state index contributed by atoms with van der Waals surface area (Å²) in [5, 5.41) is 0. The van der Waals surface area contributed by atoms with Gasteiger partial charge in [-0.1, -0.05) is 0 Å². The Balaban J connectivity index is 2.53. The zero-order valence-corrected chi connectivity index (χ0v) is 6.33. The normalized spacial score (nSPS) is 16.0. The van der Waals surface area contributed by atoms with Crippen molar-refractivity contribution in [3.63, 3.8) is 0 Å². The molecule has 0 aromatic carbocycles. The van der Waals surface area contributed by atoms with E-state index in [1.807, 2.05) is 13.1 Å². The van der Waals surface area contributed by atoms with Gasteiger partial charge in [0.2, 0.25) is 0 Å². The third-order valence-corrected chi connectivity index (χ3v) is 2.08. The molecule has 0 aliphatic carbocycles. The van der Waals surface area contributed by atoms with Gasteiger partial charge in [0.25, 0.3) is 0 Å². The Hall–Kier alpha value is -0.990. The van der Waals surface area contributed by atoms with Crippen LogP contribution >= 0.6 is 0 Å². The molecular formula is C7H11N3. The Labute approximate surface area is 60.3 Å². The van der Waals surface area contributed by atoms with E-state index >= 15 is 0 Å². The quantitative estimate of drug-likeness (QED) is 0.523. The van der Waals surface area contributed by atoms with Gasteiger partial charge in [-0.2, -0.15) is 0 Å². The Morgan fingerprint density at radius 3 is 3.00 bits per heavy atom. The molecule has 3 nitrogen and oxygen atoms in total. The number of likely N-dealkylation sites (N-methyl/N-ethyl adjacent to an activating group) is 1. The molecule has 0 radical (unpaired) electrons. The molecule has 2 rings (SSSR count). The molecule has 1 aromatic heterocycles. The van der Waals surface area contributed by atoms with Crippen molar-refractivity contribution in [3.05, 3.63) is 12.0 Å². The van der Waals surface area contributed by atoms with Gasteiger partial charge in [0.1, 0.15) is 11.6 Å². The molecule has 0 saturated heterocycles. The molecule has 0 spiro atoms. The first-order valence-electron chi connectivity index (χ1n) is 3.52. The molecule has 0 unspecified atom stereocenters. The fourth-order valence-corrected chi connectivity index (χ4v) is 1.40. The molecule has 54 valence electrons. The highest BCUT2D eigenvalue weighted by atomic mass is 15.3. The van der Waals surface area contributed by atoms with Crippen LogP contribution < -0.4 is 4.90 Å². The van der Waals surface area contributed by atoms with Gasteiger partial charge < -0.3 is 9.47 Å². The number of aromatic nitrogens is 2. The third-order valence-electron chi connectivity index (χ3n) is 2.08. The van der Waals surface area contributed by atoms with Crippen LogP contribution in [0.25, 0.3) is 0 Å².